The van der Waals surface area contributed by atoms with Crippen LogP contribution in [0.15, 0.2) is 17.5 Å². The first-order chi connectivity index (χ1) is 7.75. The molecule has 16 heavy (non-hydrogen) atoms. The molecule has 0 aliphatic heterocycles. The Morgan fingerprint density at radius 3 is 2.75 bits per heavy atom. The van der Waals surface area contributed by atoms with E-state index >= 15 is 0 Å². The van der Waals surface area contributed by atoms with Gasteiger partial charge in [0.25, 0.3) is 0 Å². The van der Waals surface area contributed by atoms with Gasteiger partial charge in [-0.25, -0.2) is 0 Å². The van der Waals surface area contributed by atoms with Crippen molar-refractivity contribution in [2.45, 2.75) is 38.5 Å². The molecule has 0 saturated heterocycles. The van der Waals surface area contributed by atoms with E-state index in [1.165, 1.54) is 24.1 Å². The van der Waals surface area contributed by atoms with Gasteiger partial charge in [-0.15, -0.1) is 11.3 Å². The molecular weight excluding hydrogens is 220 g/mol. The number of hydrogen-bond acceptors (Lipinski definition) is 2. The topological polar surface area (TPSA) is 37.3 Å². The van der Waals surface area contributed by atoms with Crippen LogP contribution < -0.4 is 0 Å². The molecule has 2 nitrogen and oxygen atoms in total. The van der Waals surface area contributed by atoms with Crippen molar-refractivity contribution in [2.24, 2.45) is 11.8 Å². The number of carbonyl (C=O) groups is 1. The van der Waals surface area contributed by atoms with Crippen molar-refractivity contribution in [1.82, 2.24) is 0 Å². The lowest BCUT2D eigenvalue weighted by Crippen LogP contribution is -2.23. The van der Waals surface area contributed by atoms with Gasteiger partial charge in [0.2, 0.25) is 0 Å². The van der Waals surface area contributed by atoms with Crippen LogP contribution in [0.4, 0.5) is 0 Å². The number of aliphatic carboxylic acids is 1. The maximum absolute atomic E-state index is 10.8. The molecule has 88 valence electrons. The monoisotopic (exact) mass is 238 g/mol. The van der Waals surface area contributed by atoms with Crippen LogP contribution in [-0.4, -0.2) is 11.1 Å². The van der Waals surface area contributed by atoms with Gasteiger partial charge in [-0.05, 0) is 42.5 Å². The lowest BCUT2D eigenvalue weighted by Gasteiger charge is -2.30. The van der Waals surface area contributed by atoms with Crippen molar-refractivity contribution in [2.75, 3.05) is 0 Å². The van der Waals surface area contributed by atoms with E-state index in [0.717, 1.165) is 12.8 Å². The maximum atomic E-state index is 10.8. The number of carboxylic acid groups (broad SMARTS) is 1. The minimum Gasteiger partial charge on any atom is -0.481 e. The van der Waals surface area contributed by atoms with Gasteiger partial charge in [0.05, 0.1) is 0 Å². The third kappa shape index (κ3) is 3.08. The Bertz CT molecular complexity index is 332. The van der Waals surface area contributed by atoms with E-state index in [4.69, 9.17) is 5.11 Å². The molecule has 1 aromatic rings. The molecule has 1 heterocycles. The lowest BCUT2D eigenvalue weighted by atomic mass is 9.75. The molecule has 1 aliphatic carbocycles. The van der Waals surface area contributed by atoms with Gasteiger partial charge in [-0.3, -0.25) is 4.79 Å². The van der Waals surface area contributed by atoms with E-state index < -0.39 is 5.97 Å². The Hall–Kier alpha value is -0.830. The molecule has 0 amide bonds. The molecule has 0 spiro atoms. The highest BCUT2D eigenvalue weighted by molar-refractivity contribution is 7.09. The van der Waals surface area contributed by atoms with Gasteiger partial charge >= 0.3 is 5.97 Å². The van der Waals surface area contributed by atoms with Crippen LogP contribution in [0.1, 0.15) is 37.0 Å². The Morgan fingerprint density at radius 2 is 2.12 bits per heavy atom. The summed E-state index contributed by atoms with van der Waals surface area (Å²) in [6, 6.07) is 4.24. The van der Waals surface area contributed by atoms with Gasteiger partial charge in [-0.2, -0.15) is 0 Å². The zero-order chi connectivity index (χ0) is 11.4. The summed E-state index contributed by atoms with van der Waals surface area (Å²) in [5.74, 6) is 0.347. The van der Waals surface area contributed by atoms with Gasteiger partial charge in [0.1, 0.15) is 0 Å². The second kappa shape index (κ2) is 5.48. The molecule has 0 radical (unpaired) electrons. The van der Waals surface area contributed by atoms with Crippen molar-refractivity contribution < 1.29 is 9.90 Å². The second-order valence-corrected chi connectivity index (χ2v) is 5.72. The van der Waals surface area contributed by atoms with Crippen LogP contribution in [-0.2, 0) is 11.2 Å². The Balaban J connectivity index is 1.96. The normalized spacial score (nSPS) is 25.5. The molecule has 0 bridgehead atoms. The summed E-state index contributed by atoms with van der Waals surface area (Å²) in [6.45, 7) is 0. The average molecular weight is 238 g/mol. The lowest BCUT2D eigenvalue weighted by molar-refractivity contribution is -0.138. The Morgan fingerprint density at radius 1 is 1.38 bits per heavy atom. The third-order valence-electron chi connectivity index (χ3n) is 3.55. The van der Waals surface area contributed by atoms with Crippen LogP contribution in [0.5, 0.6) is 0 Å². The summed E-state index contributed by atoms with van der Waals surface area (Å²) in [4.78, 5) is 12.2. The molecule has 1 N–H and O–H groups in total. The van der Waals surface area contributed by atoms with E-state index in [2.05, 4.69) is 17.5 Å². The highest BCUT2D eigenvalue weighted by Gasteiger charge is 2.27. The molecule has 1 fully saturated rings. The molecular formula is C13H18O2S. The largest absolute Gasteiger partial charge is 0.481 e. The standard InChI is InChI=1S/C13H18O2S/c14-13(15)9-11-5-2-1-4-10(11)8-12-6-3-7-16-12/h3,6-7,10-11H,1-2,4-5,8-9H2,(H,14,15). The summed E-state index contributed by atoms with van der Waals surface area (Å²) in [7, 11) is 0. The van der Waals surface area contributed by atoms with Crippen molar-refractivity contribution in [3.63, 3.8) is 0 Å². The van der Waals surface area contributed by atoms with Crippen molar-refractivity contribution in [1.29, 1.82) is 0 Å². The Labute approximate surface area is 100 Å². The predicted molar refractivity (Wildman–Crippen MR) is 65.7 cm³/mol. The van der Waals surface area contributed by atoms with Crippen LogP contribution in [0.2, 0.25) is 0 Å². The molecule has 2 unspecified atom stereocenters. The van der Waals surface area contributed by atoms with Crippen LogP contribution >= 0.6 is 11.3 Å². The molecule has 1 aliphatic rings. The minimum absolute atomic E-state index is 0.357. The first-order valence-electron chi connectivity index (χ1n) is 6.00. The van der Waals surface area contributed by atoms with Crippen molar-refractivity contribution in [3.8, 4) is 0 Å². The summed E-state index contributed by atoms with van der Waals surface area (Å²) in [5, 5.41) is 11.0. The fraction of sp³-hybridized carbons (Fsp3) is 0.615. The van der Waals surface area contributed by atoms with E-state index in [1.54, 1.807) is 11.3 Å². The fourth-order valence-electron chi connectivity index (χ4n) is 2.73. The molecule has 1 saturated carbocycles. The highest BCUT2D eigenvalue weighted by atomic mass is 32.1. The first-order valence-corrected chi connectivity index (χ1v) is 6.88. The zero-order valence-electron chi connectivity index (χ0n) is 9.39. The van der Waals surface area contributed by atoms with Crippen LogP contribution in [0, 0.1) is 11.8 Å². The van der Waals surface area contributed by atoms with E-state index in [-0.39, 0.29) is 0 Å². The zero-order valence-corrected chi connectivity index (χ0v) is 10.2. The molecule has 2 atom stereocenters. The van der Waals surface area contributed by atoms with Gasteiger partial charge < -0.3 is 5.11 Å². The van der Waals surface area contributed by atoms with E-state index in [1.807, 2.05) is 0 Å². The van der Waals surface area contributed by atoms with Crippen LogP contribution in [0.3, 0.4) is 0 Å². The van der Waals surface area contributed by atoms with Crippen molar-refractivity contribution >= 4 is 17.3 Å². The number of hydrogen-bond donors (Lipinski definition) is 1. The number of thiophene rings is 1. The maximum Gasteiger partial charge on any atom is 0.303 e. The van der Waals surface area contributed by atoms with Gasteiger partial charge in [0.15, 0.2) is 0 Å². The van der Waals surface area contributed by atoms with Gasteiger partial charge in [0, 0.05) is 11.3 Å². The fourth-order valence-corrected chi connectivity index (χ4v) is 3.53. The number of carboxylic acids is 1. The van der Waals surface area contributed by atoms with E-state index in [9.17, 15) is 4.79 Å². The summed E-state index contributed by atoms with van der Waals surface area (Å²) < 4.78 is 0. The quantitative estimate of drug-likeness (QED) is 0.870. The average Bonchev–Trinajstić information content (AvgIpc) is 2.73. The van der Waals surface area contributed by atoms with E-state index in [0.29, 0.717) is 18.3 Å². The smallest absolute Gasteiger partial charge is 0.303 e. The SMILES string of the molecule is O=C(O)CC1CCCCC1Cc1cccs1. The third-order valence-corrected chi connectivity index (χ3v) is 4.45. The van der Waals surface area contributed by atoms with Gasteiger partial charge in [-0.1, -0.05) is 18.9 Å². The Kier molecular flexibility index (Phi) is 3.99. The molecule has 1 aromatic heterocycles. The van der Waals surface area contributed by atoms with Crippen LogP contribution in [0.25, 0.3) is 0 Å². The molecule has 0 aromatic carbocycles. The summed E-state index contributed by atoms with van der Waals surface area (Å²) >= 11 is 1.79. The first kappa shape index (κ1) is 11.6. The molecule has 3 heteroatoms. The minimum atomic E-state index is -0.636. The summed E-state index contributed by atoms with van der Waals surface area (Å²) in [5.41, 5.74) is 0. The highest BCUT2D eigenvalue weighted by Crippen LogP contribution is 2.35. The second-order valence-electron chi connectivity index (χ2n) is 4.69. The molecule has 2 rings (SSSR count). The van der Waals surface area contributed by atoms with Crippen molar-refractivity contribution in [3.05, 3.63) is 22.4 Å². The predicted octanol–water partition coefficient (Wildman–Crippen LogP) is 3.57. The number of rotatable bonds is 4. The summed E-state index contributed by atoms with van der Waals surface area (Å²) in [6.07, 6.45) is 6.22.